The smallest absolute Gasteiger partial charge is 0.255 e. The van der Waals surface area contributed by atoms with Gasteiger partial charge >= 0.3 is 0 Å². The van der Waals surface area contributed by atoms with E-state index in [1.807, 2.05) is 37.3 Å². The number of carbonyl (C=O) groups is 2. The Morgan fingerprint density at radius 1 is 1.12 bits per heavy atom. The summed E-state index contributed by atoms with van der Waals surface area (Å²) < 4.78 is 0. The highest BCUT2D eigenvalue weighted by Gasteiger charge is 2.35. The third-order valence-corrected chi connectivity index (χ3v) is 8.02. The summed E-state index contributed by atoms with van der Waals surface area (Å²) in [7, 11) is 3.84. The first-order valence-electron chi connectivity index (χ1n) is 14.2. The van der Waals surface area contributed by atoms with Crippen LogP contribution < -0.4 is 26.6 Å². The minimum absolute atomic E-state index is 0.230. The van der Waals surface area contributed by atoms with Crippen LogP contribution in [0.5, 0.6) is 0 Å². The van der Waals surface area contributed by atoms with Gasteiger partial charge in [-0.1, -0.05) is 29.8 Å². The number of nitrogens with zero attached hydrogens (tertiary/aromatic N) is 6. The number of hydrogen-bond acceptors (Lipinski definition) is 10. The summed E-state index contributed by atoms with van der Waals surface area (Å²) >= 11 is 6.43. The summed E-state index contributed by atoms with van der Waals surface area (Å²) in [4.78, 5) is 46.5. The van der Waals surface area contributed by atoms with E-state index in [1.165, 1.54) is 6.20 Å². The third kappa shape index (κ3) is 6.65. The molecule has 12 nitrogen and oxygen atoms in total. The Morgan fingerprint density at radius 2 is 1.88 bits per heavy atom. The van der Waals surface area contributed by atoms with Crippen molar-refractivity contribution in [3.8, 4) is 11.3 Å². The summed E-state index contributed by atoms with van der Waals surface area (Å²) in [5.41, 5.74) is 9.10. The van der Waals surface area contributed by atoms with Crippen LogP contribution in [-0.4, -0.2) is 82.9 Å². The number of fused-ring (bicyclic) bond motifs is 1. The number of benzene rings is 1. The SMILES string of the molecule is CN/C=C(\N)Nc1ncc(Cl)c(-c2ccc3c(c2)C(=O)N([C@H](C)C(=O)N[C@H](C)c2cccc(N4CCN(C)CC4)n2)C3)n1. The van der Waals surface area contributed by atoms with Crippen LogP contribution >= 0.6 is 11.6 Å². The molecule has 2 atom stereocenters. The molecule has 0 bridgehead atoms. The molecule has 43 heavy (non-hydrogen) atoms. The fraction of sp³-hybridized carbons (Fsp3) is 0.367. The molecule has 2 aromatic heterocycles. The van der Waals surface area contributed by atoms with Crippen molar-refractivity contribution in [2.45, 2.75) is 32.5 Å². The first kappa shape index (κ1) is 30.1. The second-order valence-corrected chi connectivity index (χ2v) is 11.2. The number of amides is 2. The molecule has 226 valence electrons. The van der Waals surface area contributed by atoms with E-state index < -0.39 is 6.04 Å². The van der Waals surface area contributed by atoms with Crippen LogP contribution in [-0.2, 0) is 11.3 Å². The van der Waals surface area contributed by atoms with E-state index in [1.54, 1.807) is 31.1 Å². The predicted octanol–water partition coefficient (Wildman–Crippen LogP) is 2.55. The van der Waals surface area contributed by atoms with Crippen molar-refractivity contribution in [3.05, 3.63) is 76.5 Å². The van der Waals surface area contributed by atoms with Crippen molar-refractivity contribution in [3.63, 3.8) is 0 Å². The maximum atomic E-state index is 13.5. The van der Waals surface area contributed by atoms with E-state index in [9.17, 15) is 9.59 Å². The summed E-state index contributed by atoms with van der Waals surface area (Å²) in [5.74, 6) is 1.02. The summed E-state index contributed by atoms with van der Waals surface area (Å²) in [5, 5.41) is 9.10. The molecule has 3 aromatic rings. The van der Waals surface area contributed by atoms with Crippen molar-refractivity contribution >= 4 is 35.2 Å². The minimum atomic E-state index is -0.688. The highest BCUT2D eigenvalue weighted by Crippen LogP contribution is 2.32. The van der Waals surface area contributed by atoms with Crippen LogP contribution in [0.4, 0.5) is 11.8 Å². The number of halogens is 1. The Kier molecular flexibility index (Phi) is 8.97. The van der Waals surface area contributed by atoms with Gasteiger partial charge in [-0.05, 0) is 44.7 Å². The van der Waals surface area contributed by atoms with Crippen molar-refractivity contribution in [2.24, 2.45) is 5.73 Å². The second kappa shape index (κ2) is 12.8. The number of aromatic nitrogens is 3. The number of carbonyl (C=O) groups excluding carboxylic acids is 2. The third-order valence-electron chi connectivity index (χ3n) is 7.75. The average molecular weight is 605 g/mol. The van der Waals surface area contributed by atoms with Gasteiger partial charge < -0.3 is 36.4 Å². The molecule has 1 aromatic carbocycles. The number of pyridine rings is 1. The number of anilines is 2. The molecular weight excluding hydrogens is 568 g/mol. The van der Waals surface area contributed by atoms with Gasteiger partial charge in [-0.25, -0.2) is 15.0 Å². The molecule has 1 fully saturated rings. The quantitative estimate of drug-likeness (QED) is 0.287. The monoisotopic (exact) mass is 604 g/mol. The van der Waals surface area contributed by atoms with Crippen LogP contribution in [0.25, 0.3) is 11.3 Å². The Bertz CT molecular complexity index is 1540. The first-order chi connectivity index (χ1) is 20.6. The van der Waals surface area contributed by atoms with Crippen molar-refractivity contribution < 1.29 is 9.59 Å². The highest BCUT2D eigenvalue weighted by atomic mass is 35.5. The Morgan fingerprint density at radius 3 is 2.63 bits per heavy atom. The van der Waals surface area contributed by atoms with Gasteiger partial charge in [-0.2, -0.15) is 0 Å². The van der Waals surface area contributed by atoms with E-state index in [0.29, 0.717) is 34.2 Å². The van der Waals surface area contributed by atoms with Crippen LogP contribution in [0.15, 0.2) is 54.6 Å². The molecule has 0 aliphatic carbocycles. The van der Waals surface area contributed by atoms with Gasteiger partial charge in [-0.15, -0.1) is 0 Å². The van der Waals surface area contributed by atoms with Crippen LogP contribution in [0.3, 0.4) is 0 Å². The molecule has 1 saturated heterocycles. The maximum absolute atomic E-state index is 13.5. The standard InChI is InChI=1S/C30H37ClN10O2/c1-18(24-6-5-7-26(36-24)40-12-10-39(4)11-13-40)35-28(42)19(2)41-17-21-9-8-20(14-22(21)29(41)43)27-23(31)15-34-30(38-27)37-25(32)16-33-3/h5-9,14-16,18-19,33H,10-13,17,32H2,1-4H3,(H,35,42)(H,34,37,38)/b25-16+/t18-,19-/m1/s1. The van der Waals surface area contributed by atoms with Gasteiger partial charge in [0.15, 0.2) is 0 Å². The van der Waals surface area contributed by atoms with Crippen molar-refractivity contribution in [1.29, 1.82) is 0 Å². The van der Waals surface area contributed by atoms with Gasteiger partial charge in [0.2, 0.25) is 11.9 Å². The van der Waals surface area contributed by atoms with E-state index in [4.69, 9.17) is 22.3 Å². The topological polar surface area (TPSA) is 145 Å². The molecule has 4 heterocycles. The molecule has 2 aliphatic rings. The van der Waals surface area contributed by atoms with Gasteiger partial charge in [-0.3, -0.25) is 9.59 Å². The van der Waals surface area contributed by atoms with Gasteiger partial charge in [0, 0.05) is 57.1 Å². The molecule has 0 radical (unpaired) electrons. The van der Waals surface area contributed by atoms with Crippen LogP contribution in [0.1, 0.15) is 41.5 Å². The van der Waals surface area contributed by atoms with Gasteiger partial charge in [0.05, 0.1) is 28.6 Å². The molecule has 0 saturated carbocycles. The number of nitrogens with one attached hydrogen (secondary N) is 3. The predicted molar refractivity (Wildman–Crippen MR) is 167 cm³/mol. The molecule has 13 heteroatoms. The van der Waals surface area contributed by atoms with E-state index in [2.05, 4.69) is 42.8 Å². The fourth-order valence-electron chi connectivity index (χ4n) is 5.18. The molecule has 2 aliphatic heterocycles. The maximum Gasteiger partial charge on any atom is 0.255 e. The lowest BCUT2D eigenvalue weighted by Crippen LogP contribution is -2.46. The summed E-state index contributed by atoms with van der Waals surface area (Å²) in [6.45, 7) is 7.76. The van der Waals surface area contributed by atoms with Crippen LogP contribution in [0, 0.1) is 0 Å². The van der Waals surface area contributed by atoms with Crippen molar-refractivity contribution in [1.82, 2.24) is 35.4 Å². The lowest BCUT2D eigenvalue weighted by atomic mass is 10.0. The minimum Gasteiger partial charge on any atom is -0.391 e. The fourth-order valence-corrected chi connectivity index (χ4v) is 5.38. The number of likely N-dealkylation sites (N-methyl/N-ethyl adjacent to an activating group) is 1. The van der Waals surface area contributed by atoms with E-state index in [0.717, 1.165) is 43.3 Å². The molecule has 5 N–H and O–H groups in total. The zero-order valence-corrected chi connectivity index (χ0v) is 25.5. The lowest BCUT2D eigenvalue weighted by Gasteiger charge is -2.33. The Hall–Kier alpha value is -4.42. The summed E-state index contributed by atoms with van der Waals surface area (Å²) in [6, 6.07) is 10.3. The highest BCUT2D eigenvalue weighted by molar-refractivity contribution is 6.33. The Balaban J connectivity index is 1.26. The lowest BCUT2D eigenvalue weighted by molar-refractivity contribution is -0.125. The summed E-state index contributed by atoms with van der Waals surface area (Å²) in [6.07, 6.45) is 3.05. The van der Waals surface area contributed by atoms with Crippen molar-refractivity contribution in [2.75, 3.05) is 50.5 Å². The molecule has 2 amide bonds. The van der Waals surface area contributed by atoms with E-state index in [-0.39, 0.29) is 23.8 Å². The average Bonchev–Trinajstić information content (AvgIpc) is 3.33. The Labute approximate surface area is 256 Å². The molecule has 0 spiro atoms. The zero-order valence-electron chi connectivity index (χ0n) is 24.8. The largest absolute Gasteiger partial charge is 0.391 e. The zero-order chi connectivity index (χ0) is 30.7. The van der Waals surface area contributed by atoms with Gasteiger partial charge in [0.25, 0.3) is 5.91 Å². The number of piperazine rings is 1. The van der Waals surface area contributed by atoms with Gasteiger partial charge in [0.1, 0.15) is 17.7 Å². The first-order valence-corrected chi connectivity index (χ1v) is 14.6. The number of nitrogens with two attached hydrogens (primary N) is 1. The molecular formula is C30H37ClN10O2. The number of hydrogen-bond donors (Lipinski definition) is 4. The normalized spacial score (nSPS) is 17.0. The van der Waals surface area contributed by atoms with Crippen LogP contribution in [0.2, 0.25) is 5.02 Å². The number of rotatable bonds is 9. The molecule has 5 rings (SSSR count). The van der Waals surface area contributed by atoms with E-state index >= 15 is 0 Å². The second-order valence-electron chi connectivity index (χ2n) is 10.8. The molecule has 0 unspecified atom stereocenters.